The van der Waals surface area contributed by atoms with Gasteiger partial charge in [-0.25, -0.2) is 0 Å². The fourth-order valence-corrected chi connectivity index (χ4v) is 2.35. The summed E-state index contributed by atoms with van der Waals surface area (Å²) in [4.78, 5) is 12.1. The standard InChI is InChI=1S/C19H19N3O2/c1-12-4-8-16(9-5-12)18-21-22-19(24-18)20-17(23)11-15-7-6-13(2)14(3)10-15/h4-10H,11H2,1-3H3,(H,20,22,23). The zero-order chi connectivity index (χ0) is 17.1. The molecule has 3 rings (SSSR count). The minimum Gasteiger partial charge on any atom is -0.403 e. The molecular weight excluding hydrogens is 302 g/mol. The van der Waals surface area contributed by atoms with Gasteiger partial charge in [-0.1, -0.05) is 41.0 Å². The van der Waals surface area contributed by atoms with Crippen molar-refractivity contribution < 1.29 is 9.21 Å². The SMILES string of the molecule is Cc1ccc(-c2nnc(NC(=O)Cc3ccc(C)c(C)c3)o2)cc1. The van der Waals surface area contributed by atoms with E-state index in [1.807, 2.05) is 63.2 Å². The number of nitrogens with one attached hydrogen (secondary N) is 1. The molecule has 0 bridgehead atoms. The van der Waals surface area contributed by atoms with Crippen molar-refractivity contribution in [3.8, 4) is 11.5 Å². The Balaban J connectivity index is 1.66. The van der Waals surface area contributed by atoms with Crippen LogP contribution in [0.3, 0.4) is 0 Å². The van der Waals surface area contributed by atoms with E-state index in [1.54, 1.807) is 0 Å². The maximum atomic E-state index is 12.1. The average molecular weight is 321 g/mol. The van der Waals surface area contributed by atoms with E-state index in [2.05, 4.69) is 15.5 Å². The van der Waals surface area contributed by atoms with Gasteiger partial charge in [-0.15, -0.1) is 5.10 Å². The van der Waals surface area contributed by atoms with Crippen molar-refractivity contribution in [3.05, 3.63) is 64.7 Å². The number of hydrogen-bond acceptors (Lipinski definition) is 4. The third-order valence-electron chi connectivity index (χ3n) is 3.91. The van der Waals surface area contributed by atoms with Gasteiger partial charge in [0.1, 0.15) is 0 Å². The lowest BCUT2D eigenvalue weighted by molar-refractivity contribution is -0.115. The van der Waals surface area contributed by atoms with E-state index in [9.17, 15) is 4.79 Å². The fraction of sp³-hybridized carbons (Fsp3) is 0.211. The van der Waals surface area contributed by atoms with Crippen LogP contribution in [0.25, 0.3) is 11.5 Å². The molecule has 1 aromatic heterocycles. The Bertz CT molecular complexity index is 867. The first-order valence-corrected chi connectivity index (χ1v) is 7.78. The molecule has 24 heavy (non-hydrogen) atoms. The topological polar surface area (TPSA) is 68.0 Å². The van der Waals surface area contributed by atoms with Gasteiger partial charge in [0.2, 0.25) is 11.8 Å². The van der Waals surface area contributed by atoms with Gasteiger partial charge in [-0.05, 0) is 49.6 Å². The van der Waals surface area contributed by atoms with E-state index in [0.29, 0.717) is 5.89 Å². The summed E-state index contributed by atoms with van der Waals surface area (Å²) in [7, 11) is 0. The van der Waals surface area contributed by atoms with Gasteiger partial charge in [0.25, 0.3) is 0 Å². The Morgan fingerprint density at radius 2 is 1.75 bits per heavy atom. The van der Waals surface area contributed by atoms with Crippen molar-refractivity contribution >= 4 is 11.9 Å². The predicted molar refractivity (Wildman–Crippen MR) is 92.7 cm³/mol. The highest BCUT2D eigenvalue weighted by atomic mass is 16.4. The summed E-state index contributed by atoms with van der Waals surface area (Å²) in [6, 6.07) is 13.8. The minimum absolute atomic E-state index is 0.111. The Labute approximate surface area is 140 Å². The molecule has 2 aromatic carbocycles. The van der Waals surface area contributed by atoms with E-state index in [0.717, 1.165) is 16.7 Å². The third-order valence-corrected chi connectivity index (χ3v) is 3.91. The van der Waals surface area contributed by atoms with Crippen molar-refractivity contribution in [1.29, 1.82) is 0 Å². The first kappa shape index (κ1) is 15.9. The van der Waals surface area contributed by atoms with Gasteiger partial charge in [0.15, 0.2) is 0 Å². The highest BCUT2D eigenvalue weighted by molar-refractivity contribution is 5.90. The largest absolute Gasteiger partial charge is 0.403 e. The summed E-state index contributed by atoms with van der Waals surface area (Å²) in [5.41, 5.74) is 5.30. The van der Waals surface area contributed by atoms with Gasteiger partial charge in [0.05, 0.1) is 6.42 Å². The number of hydrogen-bond donors (Lipinski definition) is 1. The van der Waals surface area contributed by atoms with E-state index in [-0.39, 0.29) is 18.3 Å². The van der Waals surface area contributed by atoms with Crippen molar-refractivity contribution in [2.75, 3.05) is 5.32 Å². The monoisotopic (exact) mass is 321 g/mol. The Hall–Kier alpha value is -2.95. The molecule has 5 nitrogen and oxygen atoms in total. The number of carbonyl (C=O) groups is 1. The Morgan fingerprint density at radius 3 is 2.46 bits per heavy atom. The van der Waals surface area contributed by atoms with Crippen LogP contribution in [-0.2, 0) is 11.2 Å². The second kappa shape index (κ2) is 6.66. The number of aromatic nitrogens is 2. The molecule has 0 spiro atoms. The molecule has 0 fully saturated rings. The predicted octanol–water partition coefficient (Wildman–Crippen LogP) is 3.84. The number of benzene rings is 2. The van der Waals surface area contributed by atoms with Crippen LogP contribution in [0.2, 0.25) is 0 Å². The van der Waals surface area contributed by atoms with Crippen molar-refractivity contribution in [2.24, 2.45) is 0 Å². The molecular formula is C19H19N3O2. The normalized spacial score (nSPS) is 10.6. The average Bonchev–Trinajstić information content (AvgIpc) is 3.00. The van der Waals surface area contributed by atoms with E-state index in [1.165, 1.54) is 11.1 Å². The van der Waals surface area contributed by atoms with Crippen LogP contribution in [0.1, 0.15) is 22.3 Å². The number of nitrogens with zero attached hydrogens (tertiary/aromatic N) is 2. The highest BCUT2D eigenvalue weighted by Crippen LogP contribution is 2.20. The fourth-order valence-electron chi connectivity index (χ4n) is 2.35. The number of rotatable bonds is 4. The molecule has 5 heteroatoms. The maximum absolute atomic E-state index is 12.1. The second-order valence-corrected chi connectivity index (χ2v) is 5.92. The van der Waals surface area contributed by atoms with Crippen LogP contribution in [0, 0.1) is 20.8 Å². The van der Waals surface area contributed by atoms with Gasteiger partial charge in [-0.2, -0.15) is 0 Å². The highest BCUT2D eigenvalue weighted by Gasteiger charge is 2.12. The van der Waals surface area contributed by atoms with Gasteiger partial charge in [-0.3, -0.25) is 10.1 Å². The first-order chi connectivity index (χ1) is 11.5. The summed E-state index contributed by atoms with van der Waals surface area (Å²) in [5, 5.41) is 10.5. The molecule has 0 atom stereocenters. The Kier molecular flexibility index (Phi) is 4.42. The number of anilines is 1. The van der Waals surface area contributed by atoms with Crippen LogP contribution in [0.4, 0.5) is 6.01 Å². The summed E-state index contributed by atoms with van der Waals surface area (Å²) in [5.74, 6) is 0.203. The molecule has 0 radical (unpaired) electrons. The number of aryl methyl sites for hydroxylation is 3. The molecule has 0 aliphatic carbocycles. The summed E-state index contributed by atoms with van der Waals surface area (Å²) >= 11 is 0. The minimum atomic E-state index is -0.183. The van der Waals surface area contributed by atoms with E-state index < -0.39 is 0 Å². The van der Waals surface area contributed by atoms with E-state index >= 15 is 0 Å². The molecule has 3 aromatic rings. The summed E-state index contributed by atoms with van der Waals surface area (Å²) in [6.07, 6.45) is 0.267. The molecule has 0 saturated carbocycles. The molecule has 0 aliphatic heterocycles. The Morgan fingerprint density at radius 1 is 1.00 bits per heavy atom. The van der Waals surface area contributed by atoms with Crippen LogP contribution in [0.5, 0.6) is 0 Å². The van der Waals surface area contributed by atoms with Crippen molar-refractivity contribution in [2.45, 2.75) is 27.2 Å². The second-order valence-electron chi connectivity index (χ2n) is 5.92. The molecule has 0 unspecified atom stereocenters. The molecule has 0 saturated heterocycles. The van der Waals surface area contributed by atoms with Crippen molar-refractivity contribution in [3.63, 3.8) is 0 Å². The summed E-state index contributed by atoms with van der Waals surface area (Å²) < 4.78 is 5.51. The molecule has 1 N–H and O–H groups in total. The lowest BCUT2D eigenvalue weighted by Crippen LogP contribution is -2.14. The molecule has 1 heterocycles. The van der Waals surface area contributed by atoms with Crippen LogP contribution in [-0.4, -0.2) is 16.1 Å². The molecule has 1 amide bonds. The quantitative estimate of drug-likeness (QED) is 0.792. The zero-order valence-corrected chi connectivity index (χ0v) is 14.0. The van der Waals surface area contributed by atoms with Crippen LogP contribution in [0.15, 0.2) is 46.9 Å². The first-order valence-electron chi connectivity index (χ1n) is 7.78. The van der Waals surface area contributed by atoms with Crippen LogP contribution < -0.4 is 5.32 Å². The van der Waals surface area contributed by atoms with E-state index in [4.69, 9.17) is 4.42 Å². The van der Waals surface area contributed by atoms with Gasteiger partial charge < -0.3 is 4.42 Å². The van der Waals surface area contributed by atoms with Crippen LogP contribution >= 0.6 is 0 Å². The summed E-state index contributed by atoms with van der Waals surface area (Å²) in [6.45, 7) is 6.09. The number of carbonyl (C=O) groups excluding carboxylic acids is 1. The molecule has 122 valence electrons. The molecule has 0 aliphatic rings. The maximum Gasteiger partial charge on any atom is 0.322 e. The van der Waals surface area contributed by atoms with Crippen molar-refractivity contribution in [1.82, 2.24) is 10.2 Å². The smallest absolute Gasteiger partial charge is 0.322 e. The lowest BCUT2D eigenvalue weighted by Gasteiger charge is -2.04. The third kappa shape index (κ3) is 3.68. The zero-order valence-electron chi connectivity index (χ0n) is 14.0. The van der Waals surface area contributed by atoms with Gasteiger partial charge in [0, 0.05) is 5.56 Å². The lowest BCUT2D eigenvalue weighted by atomic mass is 10.0. The number of amides is 1. The van der Waals surface area contributed by atoms with Gasteiger partial charge >= 0.3 is 6.01 Å².